The number of nitrogens with zero attached hydrogens (tertiary/aromatic N) is 10. The van der Waals surface area contributed by atoms with E-state index in [1.807, 2.05) is 182 Å². The molecule has 38 heteroatoms. The third-order valence-corrected chi connectivity index (χ3v) is 30.9. The molecular weight excluding hydrogens is 1900 g/mol. The molecule has 0 aliphatic carbocycles. The van der Waals surface area contributed by atoms with Crippen LogP contribution in [-0.2, 0) is 82.0 Å². The number of hydrogen-bond acceptors (Lipinski definition) is 22. The van der Waals surface area contributed by atoms with Crippen molar-refractivity contribution in [3.05, 3.63) is 181 Å². The number of imidazole rings is 2. The van der Waals surface area contributed by atoms with Gasteiger partial charge >= 0.3 is 19.1 Å². The number of anilines is 2. The number of nitrogen functional groups attached to an aromatic ring is 1. The van der Waals surface area contributed by atoms with Crippen molar-refractivity contribution in [1.82, 2.24) is 37.7 Å². The lowest BCUT2D eigenvalue weighted by atomic mass is 9.79. The SMILES string of the molecule is CC1(C)OB(c2ccc(-c3nc4c(cc3Cl)nc(O[C@@H]3CO[C@H]5[C@@H]3OC[C@H]5O)n4COCC[Si](C)(C)C)cc2)OC1(C)C.CN(C)S(C)(=O)=Nc1ccc(-c2ccc(-c3nc4c(cc3Cl)nc(O[C@@H]3CO[C@H]5[C@@H]3OC[C@H]5O)n4COCC[Si](C)(C)C)cc2)cc1.CN(C)S(C)(=O)=Nc1ccc(Br)cc1.CS(=O)Nc1ccc(Br)cc1.Nc1ccc(Br)cc1. The molecule has 664 valence electrons. The van der Waals surface area contributed by atoms with Crippen LogP contribution in [-0.4, -0.2) is 230 Å². The minimum Gasteiger partial charge on any atom is -0.456 e. The van der Waals surface area contributed by atoms with E-state index < -0.39 is 102 Å². The Balaban J connectivity index is 0.000000175. The fourth-order valence-electron chi connectivity index (χ4n) is 12.8. The lowest BCUT2D eigenvalue weighted by Gasteiger charge is -2.32. The van der Waals surface area contributed by atoms with Crippen molar-refractivity contribution in [2.24, 2.45) is 8.73 Å². The van der Waals surface area contributed by atoms with E-state index in [0.29, 0.717) is 81.3 Å². The van der Waals surface area contributed by atoms with Gasteiger partial charge in [-0.3, -0.25) is 9.13 Å². The van der Waals surface area contributed by atoms with Crippen LogP contribution in [0.25, 0.3) is 56.0 Å². The Hall–Kier alpha value is -6.15. The van der Waals surface area contributed by atoms with E-state index in [0.717, 1.165) is 70.3 Å². The third kappa shape index (κ3) is 26.3. The highest BCUT2D eigenvalue weighted by molar-refractivity contribution is 9.11. The maximum atomic E-state index is 12.6. The van der Waals surface area contributed by atoms with Gasteiger partial charge in [0, 0.05) is 112 Å². The average Bonchev–Trinajstić information content (AvgIpc) is 1.63. The van der Waals surface area contributed by atoms with Gasteiger partial charge in [-0.25, -0.2) is 31.2 Å². The van der Waals surface area contributed by atoms with Crippen LogP contribution >= 0.6 is 71.0 Å². The first kappa shape index (κ1) is 97.5. The fourth-order valence-corrected chi connectivity index (χ4v) is 17.4. The predicted octanol–water partition coefficient (Wildman–Crippen LogP) is 17.0. The summed E-state index contributed by atoms with van der Waals surface area (Å²) in [6.45, 7) is 24.7. The number of aliphatic hydroxyl groups is 2. The third-order valence-electron chi connectivity index (χ3n) is 21.0. The zero-order chi connectivity index (χ0) is 89.3. The van der Waals surface area contributed by atoms with E-state index in [4.69, 9.17) is 96.1 Å². The van der Waals surface area contributed by atoms with Crippen LogP contribution in [0.1, 0.15) is 27.7 Å². The molecule has 5 saturated heterocycles. The first-order valence-electron chi connectivity index (χ1n) is 39.9. The van der Waals surface area contributed by atoms with Gasteiger partial charge in [-0.1, -0.05) is 171 Å². The molecule has 6 aromatic carbocycles. The second kappa shape index (κ2) is 42.0. The Morgan fingerprint density at radius 2 is 0.902 bits per heavy atom. The quantitative estimate of drug-likeness (QED) is 0.0248. The number of rotatable bonds is 24. The topological polar surface area (TPSA) is 315 Å². The Morgan fingerprint density at radius 1 is 0.553 bits per heavy atom. The number of ether oxygens (including phenoxy) is 8. The molecule has 0 amide bonds. The highest BCUT2D eigenvalue weighted by atomic mass is 79.9. The van der Waals surface area contributed by atoms with Crippen molar-refractivity contribution in [2.75, 3.05) is 97.1 Å². The molecule has 5 aliphatic rings. The van der Waals surface area contributed by atoms with Crippen molar-refractivity contribution in [2.45, 2.75) is 153 Å². The Morgan fingerprint density at radius 3 is 1.28 bits per heavy atom. The summed E-state index contributed by atoms with van der Waals surface area (Å²) in [5.74, 6) is 0. The zero-order valence-corrected chi connectivity index (χ0v) is 82.9. The Bertz CT molecular complexity index is 5500. The number of halogens is 5. The zero-order valence-electron chi connectivity index (χ0n) is 72.1. The van der Waals surface area contributed by atoms with Gasteiger partial charge < -0.3 is 67.9 Å². The molecule has 4 aromatic heterocycles. The predicted molar refractivity (Wildman–Crippen MR) is 509 cm³/mol. The Kier molecular flexibility index (Phi) is 33.2. The van der Waals surface area contributed by atoms with E-state index in [-0.39, 0.29) is 45.5 Å². The summed E-state index contributed by atoms with van der Waals surface area (Å²) in [6, 6.07) is 52.4. The molecule has 5 aliphatic heterocycles. The molecule has 5 fully saturated rings. The van der Waals surface area contributed by atoms with Crippen LogP contribution in [0, 0.1) is 0 Å². The van der Waals surface area contributed by atoms with Crippen molar-refractivity contribution in [3.8, 4) is 45.7 Å². The molecule has 10 aromatic rings. The van der Waals surface area contributed by atoms with E-state index in [1.54, 1.807) is 67.7 Å². The summed E-state index contributed by atoms with van der Waals surface area (Å²) >= 11 is 23.5. The number of nitrogens with two attached hydrogens (primary N) is 1. The molecule has 15 rings (SSSR count). The minimum atomic E-state index is -2.46. The summed E-state index contributed by atoms with van der Waals surface area (Å²) in [5, 5.41) is 21.3. The summed E-state index contributed by atoms with van der Waals surface area (Å²) in [6.07, 6.45) is 1.07. The van der Waals surface area contributed by atoms with Gasteiger partial charge in [0.05, 0.1) is 70.4 Å². The van der Waals surface area contributed by atoms with Crippen molar-refractivity contribution >= 4 is 176 Å². The maximum Gasteiger partial charge on any atom is 0.494 e. The first-order valence-corrected chi connectivity index (χ1v) is 55.8. The van der Waals surface area contributed by atoms with Crippen molar-refractivity contribution in [3.63, 3.8) is 0 Å². The standard InChI is InChI=1S/C33H42ClN5O6SSi.C30H41BClN3O7Si.C9H13BrN2OS.C7H8BrNOS.C6H6BrN/c1-38(2)46(3,41)37-24-13-11-22(12-14-24)21-7-9-23(10-8-21)29-25(34)17-26-32(36-29)39(20-42-15-16-47(4,5)6)33(35-26)45-28-19-44-30-27(40)18-43-31(28)30;1-29(2)30(3,4)42-31(41-29)19-10-8-18(9-11-19)24-20(32)14-21-27(34-24)35(17-37-12-13-43(5,6)7)28(33-21)40-23-16-39-25-22(36)15-38-26(23)25;1-12(2)14(3,13)11-9-6-4-8(10)5-7-9;1-11(10)9-7-4-2-6(8)3-5-7;7-5-1-3-6(8)4-2-5/h7-14,17,27-28,30-31,40H,15-16,18-20H2,1-6H3;8-11,14,22-23,25-26,36H,12-13,15-17H2,1-7H3;4-7H,1-3H3;2-5,9H,1H3;1-4H,8H2/t27-,28-,30-,31-,46?;22-,23-,25-,26-;;;/m11.../s1. The van der Waals surface area contributed by atoms with Gasteiger partial charge in [-0.15, -0.1) is 0 Å². The number of benzene rings is 6. The Labute approximate surface area is 762 Å². The molecule has 11 atom stereocenters. The molecule has 0 bridgehead atoms. The number of nitrogens with one attached hydrogen (secondary N) is 1. The second-order valence-corrected chi connectivity index (χ2v) is 54.9. The second-order valence-electron chi connectivity index (χ2n) is 34.1. The van der Waals surface area contributed by atoms with Gasteiger partial charge in [-0.05, 0) is 153 Å². The van der Waals surface area contributed by atoms with E-state index in [1.165, 1.54) is 0 Å². The summed E-state index contributed by atoms with van der Waals surface area (Å²) in [5.41, 5.74) is 15.9. The first-order chi connectivity index (χ1) is 57.9. The number of pyridine rings is 2. The van der Waals surface area contributed by atoms with Gasteiger partial charge in [0.25, 0.3) is 0 Å². The smallest absolute Gasteiger partial charge is 0.456 e. The molecule has 9 heterocycles. The van der Waals surface area contributed by atoms with Gasteiger partial charge in [-0.2, -0.15) is 18.7 Å². The molecular formula is C85H110BBr3Cl2N12O15S3Si2. The van der Waals surface area contributed by atoms with Gasteiger partial charge in [0.15, 0.2) is 23.5 Å². The minimum absolute atomic E-state index is 0.207. The van der Waals surface area contributed by atoms with Crippen LogP contribution in [0.2, 0.25) is 61.4 Å². The molecule has 0 saturated carbocycles. The van der Waals surface area contributed by atoms with Gasteiger partial charge in [0.1, 0.15) is 91.9 Å². The number of fused-ring (bicyclic) bond motifs is 4. The molecule has 3 unspecified atom stereocenters. The van der Waals surface area contributed by atoms with Gasteiger partial charge in [0.2, 0.25) is 0 Å². The van der Waals surface area contributed by atoms with Crippen LogP contribution in [0.5, 0.6) is 12.0 Å². The molecule has 5 N–H and O–H groups in total. The lowest BCUT2D eigenvalue weighted by molar-refractivity contribution is 0.00332. The average molecular weight is 2010 g/mol. The highest BCUT2D eigenvalue weighted by Gasteiger charge is 2.53. The van der Waals surface area contributed by atoms with Crippen LogP contribution < -0.4 is 25.4 Å². The summed E-state index contributed by atoms with van der Waals surface area (Å²) in [4.78, 5) is 19.4. The molecule has 0 radical (unpaired) electrons. The van der Waals surface area contributed by atoms with Crippen LogP contribution in [0.15, 0.2) is 180 Å². The largest absolute Gasteiger partial charge is 0.494 e. The van der Waals surface area contributed by atoms with Crippen LogP contribution in [0.4, 0.5) is 22.7 Å². The number of aliphatic hydroxyl groups excluding tert-OH is 2. The molecule has 0 spiro atoms. The monoisotopic (exact) mass is 2010 g/mol. The van der Waals surface area contributed by atoms with Crippen molar-refractivity contribution in [1.29, 1.82) is 0 Å². The number of hydrogen-bond donors (Lipinski definition) is 4. The molecule has 123 heavy (non-hydrogen) atoms. The highest BCUT2D eigenvalue weighted by Crippen LogP contribution is 2.40. The summed E-state index contributed by atoms with van der Waals surface area (Å²) in [7, 11) is -1.73. The van der Waals surface area contributed by atoms with E-state index >= 15 is 0 Å². The van der Waals surface area contributed by atoms with E-state index in [9.17, 15) is 22.8 Å². The van der Waals surface area contributed by atoms with E-state index in [2.05, 4.69) is 101 Å². The van der Waals surface area contributed by atoms with Crippen molar-refractivity contribution < 1.29 is 70.0 Å². The normalized spacial score (nSPS) is 21.3. The molecule has 27 nitrogen and oxygen atoms in total. The summed E-state index contributed by atoms with van der Waals surface area (Å²) < 4.78 is 117. The van der Waals surface area contributed by atoms with Crippen LogP contribution in [0.3, 0.4) is 0 Å². The fraction of sp³-hybridized carbons (Fsp3) is 0.435. The maximum absolute atomic E-state index is 12.6. The lowest BCUT2D eigenvalue weighted by Crippen LogP contribution is -2.41. The number of aromatic nitrogens is 6.